The van der Waals surface area contributed by atoms with E-state index in [0.29, 0.717) is 53.0 Å². The Morgan fingerprint density at radius 1 is 0.304 bits per heavy atom. The van der Waals surface area contributed by atoms with Crippen LogP contribution in [0, 0.1) is 17.8 Å². The fourth-order valence-corrected chi connectivity index (χ4v) is 11.6. The second kappa shape index (κ2) is 18.4. The number of hydrogen-bond acceptors (Lipinski definition) is 6. The van der Waals surface area contributed by atoms with Crippen LogP contribution in [0.2, 0.25) is 0 Å². The number of imide groups is 3. The minimum absolute atomic E-state index is 0.236. The molecule has 0 N–H and O–H groups in total. The van der Waals surface area contributed by atoms with E-state index in [0.717, 1.165) is 142 Å². The number of nitrogens with zero attached hydrogens (tertiary/aromatic N) is 3. The third kappa shape index (κ3) is 7.77. The Hall–Kier alpha value is -6.48. The average Bonchev–Trinajstić information content (AvgIpc) is 3.83. The number of rotatable bonds is 18. The van der Waals surface area contributed by atoms with Crippen molar-refractivity contribution in [3.63, 3.8) is 0 Å². The lowest BCUT2D eigenvalue weighted by Crippen LogP contribution is -2.34. The normalized spacial score (nSPS) is 16.2. The highest BCUT2D eigenvalue weighted by molar-refractivity contribution is 6.33. The van der Waals surface area contributed by atoms with Crippen molar-refractivity contribution >= 4 is 100 Å². The summed E-state index contributed by atoms with van der Waals surface area (Å²) in [6.07, 6.45) is 11.9. The summed E-state index contributed by atoms with van der Waals surface area (Å²) in [7, 11) is 0. The first-order chi connectivity index (χ1) is 33.4. The molecule has 9 nitrogen and oxygen atoms in total. The largest absolute Gasteiger partial charge is 0.274 e. The molecule has 6 amide bonds. The highest BCUT2D eigenvalue weighted by atomic mass is 16.2. The first-order valence-corrected chi connectivity index (χ1v) is 25.9. The molecule has 10 rings (SSSR count). The van der Waals surface area contributed by atoms with Crippen molar-refractivity contribution in [3.8, 4) is 0 Å². The van der Waals surface area contributed by atoms with Gasteiger partial charge in [-0.05, 0) is 174 Å². The second-order valence-corrected chi connectivity index (χ2v) is 20.3. The monoisotopic (exact) mass is 921 g/mol. The fraction of sp³-hybridized carbons (Fsp3) is 0.400. The summed E-state index contributed by atoms with van der Waals surface area (Å²) in [4.78, 5) is 88.6. The molecule has 3 heterocycles. The lowest BCUT2D eigenvalue weighted by molar-refractivity contribution is 0.0609. The summed E-state index contributed by atoms with van der Waals surface area (Å²) in [6.45, 7) is 14.0. The van der Waals surface area contributed by atoms with Gasteiger partial charge in [0.1, 0.15) is 0 Å². The van der Waals surface area contributed by atoms with Gasteiger partial charge in [-0.3, -0.25) is 43.5 Å². The second-order valence-electron chi connectivity index (χ2n) is 20.3. The smallest absolute Gasteiger partial charge is 0.261 e. The van der Waals surface area contributed by atoms with Gasteiger partial charge in [-0.15, -0.1) is 0 Å². The Morgan fingerprint density at radius 3 is 0.652 bits per heavy atom. The molecule has 3 unspecified atom stereocenters. The maximum Gasteiger partial charge on any atom is 0.261 e. The zero-order chi connectivity index (χ0) is 48.4. The van der Waals surface area contributed by atoms with Crippen molar-refractivity contribution < 1.29 is 28.8 Å². The van der Waals surface area contributed by atoms with E-state index in [9.17, 15) is 28.8 Å². The van der Waals surface area contributed by atoms with E-state index >= 15 is 0 Å². The molecule has 0 aromatic heterocycles. The number of carbonyl (C=O) groups excluding carboxylic acids is 6. The van der Waals surface area contributed by atoms with Crippen molar-refractivity contribution in [3.05, 3.63) is 106 Å². The Balaban J connectivity index is 1.16. The van der Waals surface area contributed by atoms with E-state index in [2.05, 4.69) is 77.9 Å². The highest BCUT2D eigenvalue weighted by Gasteiger charge is 2.40. The van der Waals surface area contributed by atoms with Crippen molar-refractivity contribution in [1.82, 2.24) is 14.7 Å². The summed E-state index contributed by atoms with van der Waals surface area (Å²) < 4.78 is 0. The number of carbonyl (C=O) groups is 6. The molecule has 354 valence electrons. The molecule has 0 bridgehead atoms. The molecule has 0 saturated heterocycles. The quantitative estimate of drug-likeness (QED) is 0.0481. The zero-order valence-electron chi connectivity index (χ0n) is 41.1. The fourth-order valence-electron chi connectivity index (χ4n) is 11.6. The van der Waals surface area contributed by atoms with Gasteiger partial charge in [-0.25, -0.2) is 0 Å². The van der Waals surface area contributed by atoms with Crippen LogP contribution in [0.1, 0.15) is 181 Å². The van der Waals surface area contributed by atoms with Gasteiger partial charge in [0.15, 0.2) is 0 Å². The molecule has 0 radical (unpaired) electrons. The number of amides is 6. The van der Waals surface area contributed by atoms with Gasteiger partial charge in [-0.2, -0.15) is 0 Å². The maximum absolute atomic E-state index is 14.0. The van der Waals surface area contributed by atoms with Crippen LogP contribution in [0.25, 0.3) is 64.6 Å². The predicted octanol–water partition coefficient (Wildman–Crippen LogP) is 14.0. The summed E-state index contributed by atoms with van der Waals surface area (Å²) in [5, 5.41) is 10.5. The molecular weight excluding hydrogens is 859 g/mol. The van der Waals surface area contributed by atoms with Crippen molar-refractivity contribution in [2.45, 2.75) is 119 Å². The van der Waals surface area contributed by atoms with Crippen LogP contribution in [0.3, 0.4) is 0 Å². The topological polar surface area (TPSA) is 112 Å². The van der Waals surface area contributed by atoms with E-state index in [1.165, 1.54) is 14.7 Å². The van der Waals surface area contributed by atoms with Crippen LogP contribution < -0.4 is 0 Å². The van der Waals surface area contributed by atoms with Crippen LogP contribution in [-0.4, -0.2) is 69.8 Å². The van der Waals surface area contributed by atoms with E-state index in [1.54, 1.807) is 0 Å². The summed E-state index contributed by atoms with van der Waals surface area (Å²) in [5.41, 5.74) is 2.50. The van der Waals surface area contributed by atoms with Crippen LogP contribution in [0.4, 0.5) is 0 Å². The summed E-state index contributed by atoms with van der Waals surface area (Å²) >= 11 is 0. The van der Waals surface area contributed by atoms with Gasteiger partial charge in [0.25, 0.3) is 35.4 Å². The van der Waals surface area contributed by atoms with Gasteiger partial charge in [0.05, 0.1) is 33.4 Å². The molecule has 0 fully saturated rings. The third-order valence-electron chi connectivity index (χ3n) is 16.0. The molecule has 7 aromatic carbocycles. The van der Waals surface area contributed by atoms with Gasteiger partial charge in [-0.1, -0.05) is 99.3 Å². The average molecular weight is 922 g/mol. The molecule has 9 heteroatoms. The molecule has 0 saturated carbocycles. The number of fused-ring (bicyclic) bond motifs is 12. The zero-order valence-corrected chi connectivity index (χ0v) is 41.1. The maximum atomic E-state index is 14.0. The SMILES string of the molecule is CCCCC(CC)CN1C(=O)c2cc3cc4c5cc6cc7c(cc6cc5c5cc6cc8c(cc6cc5c4cc3cc2C1=O)C(=O)N(CC(CC)CCCC)C8=O)C(=O)N(CC(CC)CCCC)C7=O. The first kappa shape index (κ1) is 46.3. The highest BCUT2D eigenvalue weighted by Crippen LogP contribution is 2.44. The lowest BCUT2D eigenvalue weighted by Gasteiger charge is -2.21. The van der Waals surface area contributed by atoms with E-state index < -0.39 is 0 Å². The van der Waals surface area contributed by atoms with Crippen LogP contribution >= 0.6 is 0 Å². The Kier molecular flexibility index (Phi) is 12.4. The predicted molar refractivity (Wildman–Crippen MR) is 277 cm³/mol. The Labute approximate surface area is 404 Å². The van der Waals surface area contributed by atoms with Crippen molar-refractivity contribution in [2.24, 2.45) is 17.8 Å². The molecule has 3 aliphatic rings. The molecule has 0 spiro atoms. The lowest BCUT2D eigenvalue weighted by atomic mass is 9.88. The molecule has 0 aliphatic carbocycles. The summed E-state index contributed by atoms with van der Waals surface area (Å²) in [6, 6.07) is 23.9. The first-order valence-electron chi connectivity index (χ1n) is 25.9. The molecular formula is C60H63N3O6. The van der Waals surface area contributed by atoms with Crippen molar-refractivity contribution in [2.75, 3.05) is 19.6 Å². The van der Waals surface area contributed by atoms with Gasteiger partial charge >= 0.3 is 0 Å². The van der Waals surface area contributed by atoms with E-state index in [4.69, 9.17) is 0 Å². The minimum Gasteiger partial charge on any atom is -0.274 e. The Morgan fingerprint density at radius 2 is 0.493 bits per heavy atom. The van der Waals surface area contributed by atoms with Crippen LogP contribution in [0.15, 0.2) is 72.8 Å². The number of hydrogen-bond donors (Lipinski definition) is 0. The van der Waals surface area contributed by atoms with Gasteiger partial charge in [0, 0.05) is 19.6 Å². The Bertz CT molecular complexity index is 2780. The van der Waals surface area contributed by atoms with Crippen molar-refractivity contribution in [1.29, 1.82) is 0 Å². The van der Waals surface area contributed by atoms with E-state index in [1.807, 2.05) is 36.4 Å². The van der Waals surface area contributed by atoms with E-state index in [-0.39, 0.29) is 53.2 Å². The molecule has 69 heavy (non-hydrogen) atoms. The molecule has 3 aliphatic heterocycles. The number of benzene rings is 7. The van der Waals surface area contributed by atoms with Crippen LogP contribution in [-0.2, 0) is 0 Å². The van der Waals surface area contributed by atoms with Gasteiger partial charge < -0.3 is 0 Å². The van der Waals surface area contributed by atoms with Gasteiger partial charge in [0.2, 0.25) is 0 Å². The number of unbranched alkanes of at least 4 members (excludes halogenated alkanes) is 3. The summed E-state index contributed by atoms with van der Waals surface area (Å²) in [5.74, 6) is -0.815. The minimum atomic E-state index is -0.254. The molecule has 3 atom stereocenters. The van der Waals surface area contributed by atoms with Crippen LogP contribution in [0.5, 0.6) is 0 Å². The molecule has 7 aromatic rings. The third-order valence-corrected chi connectivity index (χ3v) is 16.0. The standard InChI is InChI=1S/C60H63N3O6/c1-7-13-16-34(10-4)31-61-55(64)49-25-37-19-43-44(20-38(37)26-50(49)56(61)65)46-22-40-28-52-54(60(69)63(58(52)67)33-36(12-6)18-15-9-3)30-42(40)24-48(46)47-23-41-29-53-51(27-39(41)21-45(43)47)57(66)62(59(53)68)32-35(11-5)17-14-8-2/h19-30,34-36H,7-18,31-33H2,1-6H3.